The van der Waals surface area contributed by atoms with Gasteiger partial charge in [0.05, 0.1) is 0 Å². The van der Waals surface area contributed by atoms with E-state index in [1.54, 1.807) is 6.92 Å². The lowest BCUT2D eigenvalue weighted by atomic mass is 10.1. The number of hydrogen-bond donors (Lipinski definition) is 1. The molecule has 0 spiro atoms. The smallest absolute Gasteiger partial charge is 0.261 e. The van der Waals surface area contributed by atoms with E-state index < -0.39 is 11.9 Å². The van der Waals surface area contributed by atoms with Crippen LogP contribution in [0.15, 0.2) is 18.2 Å². The predicted molar refractivity (Wildman–Crippen MR) is 74.4 cm³/mol. The fraction of sp³-hybridized carbons (Fsp3) is 0.467. The molecule has 1 aromatic rings. The Morgan fingerprint density at radius 3 is 2.35 bits per heavy atom. The number of benzene rings is 1. The number of ketones is 1. The van der Waals surface area contributed by atoms with E-state index in [0.29, 0.717) is 0 Å². The second kappa shape index (κ2) is 6.03. The van der Waals surface area contributed by atoms with Crippen LogP contribution in [0.4, 0.5) is 4.39 Å². The van der Waals surface area contributed by atoms with Crippen LogP contribution >= 0.6 is 0 Å². The van der Waals surface area contributed by atoms with Crippen molar-refractivity contribution in [3.63, 3.8) is 0 Å². The van der Waals surface area contributed by atoms with Gasteiger partial charge in [-0.15, -0.1) is 0 Å². The number of nitrogens with one attached hydrogen (secondary N) is 1. The lowest BCUT2D eigenvalue weighted by Crippen LogP contribution is -2.46. The van der Waals surface area contributed by atoms with Crippen LogP contribution in [0.5, 0.6) is 5.75 Å². The Morgan fingerprint density at radius 2 is 1.90 bits per heavy atom. The maximum absolute atomic E-state index is 13.8. The molecule has 1 unspecified atom stereocenters. The third kappa shape index (κ3) is 4.64. The number of amides is 1. The number of carbonyl (C=O) groups is 2. The second-order valence-corrected chi connectivity index (χ2v) is 5.70. The summed E-state index contributed by atoms with van der Waals surface area (Å²) in [6.45, 7) is 8.44. The molecular weight excluding hydrogens is 261 g/mol. The molecule has 1 N–H and O–H groups in total. The molecular formula is C15H20FNO3. The third-order valence-electron chi connectivity index (χ3n) is 2.51. The van der Waals surface area contributed by atoms with Gasteiger partial charge in [-0.1, -0.05) is 0 Å². The van der Waals surface area contributed by atoms with Gasteiger partial charge in [-0.05, 0) is 52.8 Å². The number of rotatable bonds is 4. The van der Waals surface area contributed by atoms with Gasteiger partial charge in [0.15, 0.2) is 23.5 Å². The molecule has 0 saturated heterocycles. The highest BCUT2D eigenvalue weighted by Gasteiger charge is 2.21. The van der Waals surface area contributed by atoms with Crippen molar-refractivity contribution in [2.24, 2.45) is 0 Å². The van der Waals surface area contributed by atoms with Crippen LogP contribution in [-0.4, -0.2) is 23.3 Å². The molecule has 5 heteroatoms. The van der Waals surface area contributed by atoms with Crippen molar-refractivity contribution in [3.8, 4) is 5.75 Å². The minimum atomic E-state index is -0.827. The molecule has 0 aromatic heterocycles. The zero-order chi connectivity index (χ0) is 15.5. The molecule has 1 rings (SSSR count). The first-order valence-electron chi connectivity index (χ1n) is 6.39. The van der Waals surface area contributed by atoms with Gasteiger partial charge in [-0.3, -0.25) is 9.59 Å². The molecule has 1 amide bonds. The molecule has 20 heavy (non-hydrogen) atoms. The standard InChI is InChI=1S/C15H20FNO3/c1-9(18)11-6-7-13(12(16)8-11)20-10(2)14(19)17-15(3,4)5/h6-8,10H,1-5H3,(H,17,19). The van der Waals surface area contributed by atoms with Crippen LogP contribution in [0.1, 0.15) is 45.0 Å². The van der Waals surface area contributed by atoms with E-state index in [-0.39, 0.29) is 28.5 Å². The van der Waals surface area contributed by atoms with Gasteiger partial charge >= 0.3 is 0 Å². The number of Topliss-reactive ketones (excluding diaryl/α,β-unsaturated/α-hetero) is 1. The highest BCUT2D eigenvalue weighted by Crippen LogP contribution is 2.20. The first-order chi connectivity index (χ1) is 9.10. The minimum Gasteiger partial charge on any atom is -0.478 e. The number of ether oxygens (including phenoxy) is 1. The molecule has 0 saturated carbocycles. The topological polar surface area (TPSA) is 55.4 Å². The van der Waals surface area contributed by atoms with Gasteiger partial charge in [0, 0.05) is 11.1 Å². The van der Waals surface area contributed by atoms with Gasteiger partial charge in [0.2, 0.25) is 0 Å². The highest BCUT2D eigenvalue weighted by molar-refractivity contribution is 5.94. The van der Waals surface area contributed by atoms with Gasteiger partial charge in [0.1, 0.15) is 0 Å². The highest BCUT2D eigenvalue weighted by atomic mass is 19.1. The van der Waals surface area contributed by atoms with E-state index in [1.807, 2.05) is 20.8 Å². The van der Waals surface area contributed by atoms with Crippen LogP contribution in [0.25, 0.3) is 0 Å². The minimum absolute atomic E-state index is 0.0495. The van der Waals surface area contributed by atoms with Gasteiger partial charge in [-0.2, -0.15) is 0 Å². The summed E-state index contributed by atoms with van der Waals surface area (Å²) in [5, 5.41) is 2.75. The van der Waals surface area contributed by atoms with E-state index in [0.717, 1.165) is 6.07 Å². The van der Waals surface area contributed by atoms with Crippen molar-refractivity contribution < 1.29 is 18.7 Å². The fourth-order valence-corrected chi connectivity index (χ4v) is 1.53. The molecule has 0 aliphatic carbocycles. The summed E-state index contributed by atoms with van der Waals surface area (Å²) in [4.78, 5) is 23.0. The summed E-state index contributed by atoms with van der Waals surface area (Å²) in [7, 11) is 0. The lowest BCUT2D eigenvalue weighted by molar-refractivity contribution is -0.128. The summed E-state index contributed by atoms with van der Waals surface area (Å²) >= 11 is 0. The third-order valence-corrected chi connectivity index (χ3v) is 2.51. The Balaban J connectivity index is 2.78. The molecule has 0 heterocycles. The average molecular weight is 281 g/mol. The van der Waals surface area contributed by atoms with Gasteiger partial charge < -0.3 is 10.1 Å². The summed E-state index contributed by atoms with van der Waals surface area (Å²) in [6.07, 6.45) is -0.827. The summed E-state index contributed by atoms with van der Waals surface area (Å²) in [5.74, 6) is -1.26. The maximum atomic E-state index is 13.8. The maximum Gasteiger partial charge on any atom is 0.261 e. The Bertz CT molecular complexity index is 520. The molecule has 1 aromatic carbocycles. The van der Waals surface area contributed by atoms with Crippen molar-refractivity contribution >= 4 is 11.7 Å². The largest absolute Gasteiger partial charge is 0.478 e. The van der Waals surface area contributed by atoms with E-state index >= 15 is 0 Å². The van der Waals surface area contributed by atoms with E-state index in [9.17, 15) is 14.0 Å². The first kappa shape index (κ1) is 16.1. The van der Waals surface area contributed by atoms with Crippen molar-refractivity contribution in [3.05, 3.63) is 29.6 Å². The van der Waals surface area contributed by atoms with Crippen LogP contribution < -0.4 is 10.1 Å². The van der Waals surface area contributed by atoms with Crippen molar-refractivity contribution in [1.29, 1.82) is 0 Å². The Morgan fingerprint density at radius 1 is 1.30 bits per heavy atom. The summed E-state index contributed by atoms with van der Waals surface area (Å²) in [6, 6.07) is 3.92. The van der Waals surface area contributed by atoms with Crippen molar-refractivity contribution in [2.45, 2.75) is 46.3 Å². The first-order valence-corrected chi connectivity index (χ1v) is 6.39. The average Bonchev–Trinajstić information content (AvgIpc) is 2.29. The normalized spacial score (nSPS) is 12.7. The van der Waals surface area contributed by atoms with E-state index in [4.69, 9.17) is 4.74 Å². The SMILES string of the molecule is CC(=O)c1ccc(OC(C)C(=O)NC(C)(C)C)c(F)c1. The molecule has 0 radical (unpaired) electrons. The zero-order valence-corrected chi connectivity index (χ0v) is 12.4. The van der Waals surface area contributed by atoms with Crippen LogP contribution in [0.3, 0.4) is 0 Å². The molecule has 0 fully saturated rings. The van der Waals surface area contributed by atoms with Crippen LogP contribution in [0.2, 0.25) is 0 Å². The number of hydrogen-bond acceptors (Lipinski definition) is 3. The van der Waals surface area contributed by atoms with E-state index in [2.05, 4.69) is 5.32 Å². The Hall–Kier alpha value is -1.91. The van der Waals surface area contributed by atoms with Gasteiger partial charge in [0.25, 0.3) is 5.91 Å². The molecule has 0 aliphatic rings. The molecule has 1 atom stereocenters. The van der Waals surface area contributed by atoms with Gasteiger partial charge in [-0.25, -0.2) is 4.39 Å². The Labute approximate surface area is 118 Å². The molecule has 0 aliphatic heterocycles. The van der Waals surface area contributed by atoms with E-state index in [1.165, 1.54) is 19.1 Å². The molecule has 0 bridgehead atoms. The zero-order valence-electron chi connectivity index (χ0n) is 12.4. The summed E-state index contributed by atoms with van der Waals surface area (Å²) in [5.41, 5.74) is -0.118. The van der Waals surface area contributed by atoms with Crippen LogP contribution in [-0.2, 0) is 4.79 Å². The fourth-order valence-electron chi connectivity index (χ4n) is 1.53. The summed E-state index contributed by atoms with van der Waals surface area (Å²) < 4.78 is 19.1. The monoisotopic (exact) mass is 281 g/mol. The van der Waals surface area contributed by atoms with Crippen molar-refractivity contribution in [1.82, 2.24) is 5.32 Å². The molecule has 110 valence electrons. The second-order valence-electron chi connectivity index (χ2n) is 5.70. The predicted octanol–water partition coefficient (Wildman–Crippen LogP) is 2.71. The van der Waals surface area contributed by atoms with Crippen LogP contribution in [0, 0.1) is 5.82 Å². The quantitative estimate of drug-likeness (QED) is 0.863. The Kier molecular flexibility index (Phi) is 4.87. The number of halogens is 1. The molecule has 4 nitrogen and oxygen atoms in total. The number of carbonyl (C=O) groups excluding carboxylic acids is 2. The van der Waals surface area contributed by atoms with Crippen molar-refractivity contribution in [2.75, 3.05) is 0 Å². The lowest BCUT2D eigenvalue weighted by Gasteiger charge is -2.23.